The Balaban J connectivity index is 3.13. The molecule has 1 N–H and O–H groups in total. The molecule has 1 atom stereocenters. The van der Waals surface area contributed by atoms with E-state index in [1.165, 1.54) is 6.92 Å². The van der Waals surface area contributed by atoms with E-state index >= 15 is 0 Å². The lowest BCUT2D eigenvalue weighted by atomic mass is 10.3. The number of sulfonamides is 1. The lowest BCUT2D eigenvalue weighted by molar-refractivity contribution is -0.384. The molecule has 0 aliphatic rings. The molecule has 0 aromatic heterocycles. The van der Waals surface area contributed by atoms with Gasteiger partial charge < -0.3 is 0 Å². The van der Waals surface area contributed by atoms with Gasteiger partial charge >= 0.3 is 0 Å². The minimum atomic E-state index is -3.92. The Morgan fingerprint density at radius 2 is 2.21 bits per heavy atom. The molecule has 1 aromatic carbocycles. The largest absolute Gasteiger partial charge is 0.289 e. The summed E-state index contributed by atoms with van der Waals surface area (Å²) in [4.78, 5) is 9.65. The smallest absolute Gasteiger partial charge is 0.258 e. The second-order valence-corrected chi connectivity index (χ2v) is 5.88. The molecule has 0 bridgehead atoms. The van der Waals surface area contributed by atoms with Crippen LogP contribution in [-0.4, -0.2) is 19.4 Å². The van der Waals surface area contributed by atoms with Crippen LogP contribution in [0.3, 0.4) is 0 Å². The summed E-state index contributed by atoms with van der Waals surface area (Å²) in [6.07, 6.45) is -0.00505. The number of hydrogen-bond acceptors (Lipinski definition) is 5. The molecule has 1 aromatic rings. The highest BCUT2D eigenvalue weighted by atomic mass is 35.5. The first-order valence-electron chi connectivity index (χ1n) is 5.11. The molecular weight excluding hydrogens is 294 g/mol. The fourth-order valence-electron chi connectivity index (χ4n) is 1.31. The van der Waals surface area contributed by atoms with Crippen LogP contribution >= 0.6 is 11.6 Å². The molecule has 0 heterocycles. The molecule has 0 amide bonds. The number of nitro groups is 1. The first-order chi connectivity index (χ1) is 8.77. The zero-order chi connectivity index (χ0) is 14.6. The average molecular weight is 304 g/mol. The zero-order valence-corrected chi connectivity index (χ0v) is 11.4. The van der Waals surface area contributed by atoms with Crippen molar-refractivity contribution in [3.63, 3.8) is 0 Å². The number of hydrogen-bond donors (Lipinski definition) is 1. The third-order valence-corrected chi connectivity index (χ3v) is 4.09. The third kappa shape index (κ3) is 3.89. The van der Waals surface area contributed by atoms with Crippen LogP contribution in [0.15, 0.2) is 23.1 Å². The van der Waals surface area contributed by atoms with Crippen molar-refractivity contribution >= 4 is 27.3 Å². The van der Waals surface area contributed by atoms with Gasteiger partial charge in [-0.15, -0.1) is 0 Å². The molecule has 0 spiro atoms. The van der Waals surface area contributed by atoms with E-state index in [2.05, 4.69) is 4.72 Å². The molecule has 7 nitrogen and oxygen atoms in total. The highest BCUT2D eigenvalue weighted by molar-refractivity contribution is 7.89. The van der Waals surface area contributed by atoms with Crippen molar-refractivity contribution < 1.29 is 13.3 Å². The van der Waals surface area contributed by atoms with Gasteiger partial charge in [0.15, 0.2) is 0 Å². The van der Waals surface area contributed by atoms with Crippen LogP contribution < -0.4 is 4.72 Å². The number of nitro benzene ring substituents is 1. The van der Waals surface area contributed by atoms with E-state index in [1.54, 1.807) is 0 Å². The molecule has 0 aliphatic carbocycles. The summed E-state index contributed by atoms with van der Waals surface area (Å²) in [5.74, 6) is 0. The van der Waals surface area contributed by atoms with Gasteiger partial charge in [-0.05, 0) is 19.1 Å². The second kappa shape index (κ2) is 5.97. The number of nitrogens with one attached hydrogen (secondary N) is 1. The van der Waals surface area contributed by atoms with Gasteiger partial charge in [0.2, 0.25) is 10.0 Å². The Hall–Kier alpha value is -1.69. The zero-order valence-electron chi connectivity index (χ0n) is 9.83. The molecule has 1 rings (SSSR count). The fraction of sp³-hybridized carbons (Fsp3) is 0.300. The van der Waals surface area contributed by atoms with E-state index in [4.69, 9.17) is 16.9 Å². The molecule has 1 unspecified atom stereocenters. The summed E-state index contributed by atoms with van der Waals surface area (Å²) in [6.45, 7) is 1.52. The quantitative estimate of drug-likeness (QED) is 0.658. The molecule has 19 heavy (non-hydrogen) atoms. The van der Waals surface area contributed by atoms with Crippen molar-refractivity contribution in [2.24, 2.45) is 0 Å². The summed E-state index contributed by atoms with van der Waals surface area (Å²) in [6, 6.07) is 4.42. The van der Waals surface area contributed by atoms with Crippen molar-refractivity contribution in [2.45, 2.75) is 24.3 Å². The van der Waals surface area contributed by atoms with Crippen molar-refractivity contribution in [2.75, 3.05) is 0 Å². The maximum Gasteiger partial charge on any atom is 0.289 e. The lowest BCUT2D eigenvalue weighted by Crippen LogP contribution is -2.32. The van der Waals surface area contributed by atoms with Crippen LogP contribution in [0.2, 0.25) is 5.02 Å². The van der Waals surface area contributed by atoms with E-state index in [0.717, 1.165) is 18.2 Å². The number of rotatable bonds is 5. The maximum absolute atomic E-state index is 11.9. The number of nitriles is 1. The van der Waals surface area contributed by atoms with E-state index in [9.17, 15) is 18.5 Å². The Labute approximate surface area is 115 Å². The highest BCUT2D eigenvalue weighted by Crippen LogP contribution is 2.27. The van der Waals surface area contributed by atoms with Crippen LogP contribution in [0.1, 0.15) is 13.3 Å². The van der Waals surface area contributed by atoms with Crippen LogP contribution in [-0.2, 0) is 10.0 Å². The second-order valence-electron chi connectivity index (χ2n) is 3.75. The molecule has 9 heteroatoms. The first kappa shape index (κ1) is 15.4. The molecule has 102 valence electrons. The van der Waals surface area contributed by atoms with Gasteiger partial charge in [-0.3, -0.25) is 10.1 Å². The Morgan fingerprint density at radius 3 is 2.74 bits per heavy atom. The molecule has 0 radical (unpaired) electrons. The Morgan fingerprint density at radius 1 is 1.58 bits per heavy atom. The molecule has 0 aliphatic heterocycles. The maximum atomic E-state index is 11.9. The summed E-state index contributed by atoms with van der Waals surface area (Å²) in [5, 5.41) is 19.0. The summed E-state index contributed by atoms with van der Waals surface area (Å²) in [7, 11) is -3.92. The van der Waals surface area contributed by atoms with E-state index in [-0.39, 0.29) is 16.3 Å². The van der Waals surface area contributed by atoms with Gasteiger partial charge in [0.25, 0.3) is 5.69 Å². The topological polar surface area (TPSA) is 113 Å². The van der Waals surface area contributed by atoms with E-state index < -0.39 is 26.7 Å². The minimum Gasteiger partial charge on any atom is -0.258 e. The van der Waals surface area contributed by atoms with Crippen molar-refractivity contribution in [1.29, 1.82) is 5.26 Å². The highest BCUT2D eigenvalue weighted by Gasteiger charge is 2.22. The fourth-order valence-corrected chi connectivity index (χ4v) is 2.76. The van der Waals surface area contributed by atoms with Crippen LogP contribution in [0.5, 0.6) is 0 Å². The SMILES string of the molecule is CC(CC#N)NS(=O)(=O)c1ccc(Cl)c([N+](=O)[O-])c1. The molecule has 0 fully saturated rings. The number of nitrogens with zero attached hydrogens (tertiary/aromatic N) is 2. The van der Waals surface area contributed by atoms with Gasteiger partial charge in [0, 0.05) is 12.1 Å². The van der Waals surface area contributed by atoms with Gasteiger partial charge in [0.05, 0.1) is 22.3 Å². The normalized spacial score (nSPS) is 12.7. The van der Waals surface area contributed by atoms with Gasteiger partial charge in [-0.2, -0.15) is 5.26 Å². The van der Waals surface area contributed by atoms with Gasteiger partial charge in [0.1, 0.15) is 5.02 Å². The molecular formula is C10H10ClN3O4S. The average Bonchev–Trinajstić information content (AvgIpc) is 2.28. The third-order valence-electron chi connectivity index (χ3n) is 2.18. The van der Waals surface area contributed by atoms with Gasteiger partial charge in [-0.25, -0.2) is 13.1 Å². The summed E-state index contributed by atoms with van der Waals surface area (Å²) in [5.41, 5.74) is -0.488. The van der Waals surface area contributed by atoms with Crippen molar-refractivity contribution in [3.05, 3.63) is 33.3 Å². The predicted octanol–water partition coefficient (Wildman–Crippen LogP) is 1.83. The van der Waals surface area contributed by atoms with Crippen LogP contribution in [0.4, 0.5) is 5.69 Å². The monoisotopic (exact) mass is 303 g/mol. The summed E-state index contributed by atoms with van der Waals surface area (Å²) >= 11 is 5.60. The van der Waals surface area contributed by atoms with Crippen molar-refractivity contribution in [1.82, 2.24) is 4.72 Å². The molecule has 0 saturated heterocycles. The van der Waals surface area contributed by atoms with Crippen LogP contribution in [0.25, 0.3) is 0 Å². The van der Waals surface area contributed by atoms with E-state index in [0.29, 0.717) is 0 Å². The van der Waals surface area contributed by atoms with Crippen LogP contribution in [0, 0.1) is 21.4 Å². The first-order valence-corrected chi connectivity index (χ1v) is 6.97. The Bertz CT molecular complexity index is 639. The van der Waals surface area contributed by atoms with Crippen molar-refractivity contribution in [3.8, 4) is 6.07 Å². The Kier molecular flexibility index (Phi) is 4.83. The minimum absolute atomic E-state index is 0.00505. The number of halogens is 1. The number of benzene rings is 1. The van der Waals surface area contributed by atoms with E-state index in [1.807, 2.05) is 6.07 Å². The predicted molar refractivity (Wildman–Crippen MR) is 68.1 cm³/mol. The standard InChI is InChI=1S/C10H10ClN3O4S/c1-7(4-5-12)13-19(17,18)8-2-3-9(11)10(6-8)14(15)16/h2-3,6-7,13H,4H2,1H3. The van der Waals surface area contributed by atoms with Gasteiger partial charge in [-0.1, -0.05) is 11.6 Å². The molecule has 0 saturated carbocycles. The summed E-state index contributed by atoms with van der Waals surface area (Å²) < 4.78 is 26.1. The lowest BCUT2D eigenvalue weighted by Gasteiger charge is -2.11.